The van der Waals surface area contributed by atoms with Crippen LogP contribution in [-0.2, 0) is 4.74 Å². The Morgan fingerprint density at radius 2 is 2.16 bits per heavy atom. The number of carbonyl (C=O) groups excluding carboxylic acids is 1. The van der Waals surface area contributed by atoms with Crippen LogP contribution >= 0.6 is 0 Å². The fourth-order valence-corrected chi connectivity index (χ4v) is 2.31. The average molecular weight is 264 g/mol. The van der Waals surface area contributed by atoms with E-state index < -0.39 is 0 Å². The largest absolute Gasteiger partial charge is 0.454 e. The number of benzene rings is 1. The van der Waals surface area contributed by atoms with Crippen molar-refractivity contribution in [3.63, 3.8) is 0 Å². The molecule has 1 aromatic rings. The predicted molar refractivity (Wildman–Crippen MR) is 68.5 cm³/mol. The second-order valence-corrected chi connectivity index (χ2v) is 4.56. The molecule has 2 aliphatic heterocycles. The van der Waals surface area contributed by atoms with E-state index in [1.807, 2.05) is 6.07 Å². The number of nitrogens with two attached hydrogens (primary N) is 1. The first kappa shape index (κ1) is 12.1. The van der Waals surface area contributed by atoms with Crippen molar-refractivity contribution >= 4 is 11.8 Å². The second-order valence-electron chi connectivity index (χ2n) is 4.56. The molecule has 0 saturated carbocycles. The van der Waals surface area contributed by atoms with Crippen molar-refractivity contribution in [1.29, 1.82) is 0 Å². The van der Waals surface area contributed by atoms with Gasteiger partial charge >= 0.3 is 6.09 Å². The molecule has 1 atom stereocenters. The Balaban J connectivity index is 1.74. The molecule has 0 radical (unpaired) electrons. The molecule has 1 amide bonds. The van der Waals surface area contributed by atoms with Crippen LogP contribution in [0.4, 0.5) is 10.5 Å². The third-order valence-electron chi connectivity index (χ3n) is 3.32. The number of ether oxygens (including phenoxy) is 3. The summed E-state index contributed by atoms with van der Waals surface area (Å²) in [6, 6.07) is 5.43. The molecule has 2 heterocycles. The van der Waals surface area contributed by atoms with Crippen molar-refractivity contribution < 1.29 is 19.0 Å². The van der Waals surface area contributed by atoms with Gasteiger partial charge in [0, 0.05) is 19.0 Å². The summed E-state index contributed by atoms with van der Waals surface area (Å²) in [6.07, 6.45) is 1.10. The SMILES string of the molecule is NCCC1CCN(c2ccc3c(c2)OCO3)C(=O)O1. The van der Waals surface area contributed by atoms with Crippen molar-refractivity contribution in [3.05, 3.63) is 18.2 Å². The van der Waals surface area contributed by atoms with Gasteiger partial charge < -0.3 is 19.9 Å². The summed E-state index contributed by atoms with van der Waals surface area (Å²) in [5.74, 6) is 1.37. The molecule has 0 aliphatic carbocycles. The van der Waals surface area contributed by atoms with Crippen LogP contribution in [0.2, 0.25) is 0 Å². The monoisotopic (exact) mass is 264 g/mol. The molecule has 1 saturated heterocycles. The predicted octanol–water partition coefficient (Wildman–Crippen LogP) is 1.48. The van der Waals surface area contributed by atoms with Crippen molar-refractivity contribution in [2.75, 3.05) is 24.8 Å². The molecule has 102 valence electrons. The lowest BCUT2D eigenvalue weighted by molar-refractivity contribution is 0.0807. The summed E-state index contributed by atoms with van der Waals surface area (Å²) in [6.45, 7) is 1.38. The highest BCUT2D eigenvalue weighted by molar-refractivity contribution is 5.88. The van der Waals surface area contributed by atoms with Crippen LogP contribution in [0, 0.1) is 0 Å². The lowest BCUT2D eigenvalue weighted by Gasteiger charge is -2.31. The zero-order valence-corrected chi connectivity index (χ0v) is 10.5. The number of rotatable bonds is 3. The molecule has 1 aromatic carbocycles. The van der Waals surface area contributed by atoms with Crippen LogP contribution in [0.3, 0.4) is 0 Å². The number of fused-ring (bicyclic) bond motifs is 1. The number of hydrogen-bond acceptors (Lipinski definition) is 5. The van der Waals surface area contributed by atoms with E-state index in [2.05, 4.69) is 0 Å². The van der Waals surface area contributed by atoms with E-state index in [9.17, 15) is 4.79 Å². The van der Waals surface area contributed by atoms with Crippen LogP contribution in [0.25, 0.3) is 0 Å². The van der Waals surface area contributed by atoms with Gasteiger partial charge in [-0.2, -0.15) is 0 Å². The maximum absolute atomic E-state index is 12.0. The maximum Gasteiger partial charge on any atom is 0.414 e. The molecular formula is C13H16N2O4. The smallest absolute Gasteiger partial charge is 0.414 e. The van der Waals surface area contributed by atoms with Crippen molar-refractivity contribution in [3.8, 4) is 11.5 Å². The first-order chi connectivity index (χ1) is 9.28. The van der Waals surface area contributed by atoms with E-state index in [0.29, 0.717) is 31.0 Å². The fourth-order valence-electron chi connectivity index (χ4n) is 2.31. The van der Waals surface area contributed by atoms with Gasteiger partial charge in [-0.15, -0.1) is 0 Å². The lowest BCUT2D eigenvalue weighted by atomic mass is 10.1. The Labute approximate surface area is 111 Å². The Kier molecular flexibility index (Phi) is 3.16. The van der Waals surface area contributed by atoms with Gasteiger partial charge in [0.15, 0.2) is 11.5 Å². The van der Waals surface area contributed by atoms with Crippen LogP contribution in [0.5, 0.6) is 11.5 Å². The molecular weight excluding hydrogens is 248 g/mol. The zero-order chi connectivity index (χ0) is 13.2. The van der Waals surface area contributed by atoms with Gasteiger partial charge in [0.05, 0.1) is 5.69 Å². The molecule has 0 spiro atoms. The van der Waals surface area contributed by atoms with Gasteiger partial charge in [0.25, 0.3) is 0 Å². The van der Waals surface area contributed by atoms with Crippen LogP contribution < -0.4 is 20.1 Å². The Hall–Kier alpha value is -1.95. The molecule has 0 aromatic heterocycles. The van der Waals surface area contributed by atoms with E-state index in [1.165, 1.54) is 0 Å². The highest BCUT2D eigenvalue weighted by atomic mass is 16.7. The Bertz CT molecular complexity index is 492. The average Bonchev–Trinajstić information content (AvgIpc) is 2.86. The standard InChI is InChI=1S/C13H16N2O4/c14-5-3-10-4-6-15(13(16)19-10)9-1-2-11-12(7-9)18-8-17-11/h1-2,7,10H,3-6,8,14H2. The van der Waals surface area contributed by atoms with Crippen LogP contribution in [-0.4, -0.2) is 32.1 Å². The summed E-state index contributed by atoms with van der Waals surface area (Å²) in [4.78, 5) is 13.6. The number of hydrogen-bond donors (Lipinski definition) is 1. The Morgan fingerprint density at radius 1 is 1.32 bits per heavy atom. The van der Waals surface area contributed by atoms with E-state index in [-0.39, 0.29) is 19.0 Å². The molecule has 0 bridgehead atoms. The molecule has 6 nitrogen and oxygen atoms in total. The van der Waals surface area contributed by atoms with Gasteiger partial charge in [0.2, 0.25) is 6.79 Å². The molecule has 1 fully saturated rings. The summed E-state index contributed by atoms with van der Waals surface area (Å²) >= 11 is 0. The molecule has 2 N–H and O–H groups in total. The summed E-state index contributed by atoms with van der Waals surface area (Å²) in [5.41, 5.74) is 6.24. The molecule has 1 unspecified atom stereocenters. The minimum absolute atomic E-state index is 0.0669. The molecule has 19 heavy (non-hydrogen) atoms. The van der Waals surface area contributed by atoms with Gasteiger partial charge in [-0.05, 0) is 25.1 Å². The third kappa shape index (κ3) is 2.31. The molecule has 3 rings (SSSR count). The second kappa shape index (κ2) is 4.97. The first-order valence-corrected chi connectivity index (χ1v) is 6.36. The number of anilines is 1. The van der Waals surface area contributed by atoms with E-state index >= 15 is 0 Å². The van der Waals surface area contributed by atoms with Crippen molar-refractivity contribution in [2.45, 2.75) is 18.9 Å². The van der Waals surface area contributed by atoms with Crippen molar-refractivity contribution in [1.82, 2.24) is 0 Å². The minimum atomic E-state index is -0.330. The highest BCUT2D eigenvalue weighted by Crippen LogP contribution is 2.36. The van der Waals surface area contributed by atoms with Gasteiger partial charge in [-0.25, -0.2) is 4.79 Å². The van der Waals surface area contributed by atoms with Gasteiger partial charge in [0.1, 0.15) is 6.10 Å². The first-order valence-electron chi connectivity index (χ1n) is 6.36. The normalized spacial score (nSPS) is 21.4. The van der Waals surface area contributed by atoms with E-state index in [0.717, 1.165) is 12.1 Å². The summed E-state index contributed by atoms with van der Waals surface area (Å²) in [5, 5.41) is 0. The molecule has 2 aliphatic rings. The van der Waals surface area contributed by atoms with Crippen molar-refractivity contribution in [2.24, 2.45) is 5.73 Å². The molecule has 6 heteroatoms. The zero-order valence-electron chi connectivity index (χ0n) is 10.5. The fraction of sp³-hybridized carbons (Fsp3) is 0.462. The minimum Gasteiger partial charge on any atom is -0.454 e. The maximum atomic E-state index is 12.0. The van der Waals surface area contributed by atoms with E-state index in [1.54, 1.807) is 17.0 Å². The topological polar surface area (TPSA) is 74.0 Å². The van der Waals surface area contributed by atoms with Crippen LogP contribution in [0.1, 0.15) is 12.8 Å². The third-order valence-corrected chi connectivity index (χ3v) is 3.32. The Morgan fingerprint density at radius 3 is 2.95 bits per heavy atom. The number of nitrogens with zero attached hydrogens (tertiary/aromatic N) is 1. The summed E-state index contributed by atoms with van der Waals surface area (Å²) in [7, 11) is 0. The van der Waals surface area contributed by atoms with Gasteiger partial charge in [-0.3, -0.25) is 4.90 Å². The highest BCUT2D eigenvalue weighted by Gasteiger charge is 2.28. The van der Waals surface area contributed by atoms with E-state index in [4.69, 9.17) is 19.9 Å². The van der Waals surface area contributed by atoms with Gasteiger partial charge in [-0.1, -0.05) is 0 Å². The lowest BCUT2D eigenvalue weighted by Crippen LogP contribution is -2.42. The quantitative estimate of drug-likeness (QED) is 0.895. The summed E-state index contributed by atoms with van der Waals surface area (Å²) < 4.78 is 15.9. The number of cyclic esters (lactones) is 1. The van der Waals surface area contributed by atoms with Crippen LogP contribution in [0.15, 0.2) is 18.2 Å². The number of amides is 1. The number of carbonyl (C=O) groups is 1.